The van der Waals surface area contributed by atoms with Crippen molar-refractivity contribution in [3.63, 3.8) is 0 Å². The van der Waals surface area contributed by atoms with Crippen molar-refractivity contribution in [3.8, 4) is 0 Å². The molecule has 1 aromatic rings. The van der Waals surface area contributed by atoms with E-state index in [2.05, 4.69) is 24.1 Å². The lowest BCUT2D eigenvalue weighted by Crippen LogP contribution is -2.43. The van der Waals surface area contributed by atoms with Crippen LogP contribution in [0.5, 0.6) is 0 Å². The van der Waals surface area contributed by atoms with Crippen LogP contribution in [0, 0.1) is 12.8 Å². The number of benzene rings is 1. The zero-order valence-corrected chi connectivity index (χ0v) is 16.3. The minimum atomic E-state index is -0.604. The number of aryl methyl sites for hydroxylation is 1. The number of halogens is 2. The van der Waals surface area contributed by atoms with Crippen LogP contribution < -0.4 is 11.1 Å². The molecule has 4 nitrogen and oxygen atoms in total. The molecule has 0 saturated carbocycles. The Morgan fingerprint density at radius 3 is 2.13 bits per heavy atom. The summed E-state index contributed by atoms with van der Waals surface area (Å²) in [4.78, 5) is 14.3. The Morgan fingerprint density at radius 2 is 1.70 bits per heavy atom. The van der Waals surface area contributed by atoms with Gasteiger partial charge in [0.1, 0.15) is 6.04 Å². The first-order valence-electron chi connectivity index (χ1n) is 7.57. The first-order chi connectivity index (χ1) is 9.81. The monoisotopic (exact) mass is 363 g/mol. The number of carbonyl (C=O) groups is 1. The van der Waals surface area contributed by atoms with E-state index in [1.165, 1.54) is 0 Å². The Kier molecular flexibility index (Phi) is 12.4. The zero-order chi connectivity index (χ0) is 16.0. The molecule has 0 aromatic heterocycles. The molecule has 2 unspecified atom stereocenters. The molecule has 0 bridgehead atoms. The van der Waals surface area contributed by atoms with E-state index in [0.29, 0.717) is 18.5 Å². The summed E-state index contributed by atoms with van der Waals surface area (Å²) in [7, 11) is 4.08. The normalized spacial score (nSPS) is 13.0. The minimum absolute atomic E-state index is 0. The standard InChI is InChI=1S/C17H29N3O.2ClH/c1-12(2)10-15(20(4)5)11-19-17(21)16(18)14-8-6-13(3)7-9-14;;/h6-9,12,15-16H,10-11,18H2,1-5H3,(H,19,21);2*1H. The van der Waals surface area contributed by atoms with E-state index in [-0.39, 0.29) is 30.7 Å². The molecule has 134 valence electrons. The maximum absolute atomic E-state index is 12.2. The Labute approximate surface area is 153 Å². The number of amides is 1. The third-order valence-electron chi connectivity index (χ3n) is 3.70. The highest BCUT2D eigenvalue weighted by Crippen LogP contribution is 2.12. The number of carbonyl (C=O) groups excluding carboxylic acids is 1. The number of nitrogens with zero attached hydrogens (tertiary/aromatic N) is 1. The quantitative estimate of drug-likeness (QED) is 0.782. The number of likely N-dealkylation sites (N-methyl/N-ethyl adjacent to an activating group) is 1. The third kappa shape index (κ3) is 8.56. The van der Waals surface area contributed by atoms with Gasteiger partial charge in [-0.15, -0.1) is 24.8 Å². The summed E-state index contributed by atoms with van der Waals surface area (Å²) in [6.45, 7) is 7.03. The fourth-order valence-electron chi connectivity index (χ4n) is 2.27. The second kappa shape index (κ2) is 11.7. The summed E-state index contributed by atoms with van der Waals surface area (Å²) < 4.78 is 0. The predicted octanol–water partition coefficient (Wildman–Crippen LogP) is 2.93. The van der Waals surface area contributed by atoms with Crippen LogP contribution in [-0.2, 0) is 4.79 Å². The first-order valence-corrected chi connectivity index (χ1v) is 7.57. The average Bonchev–Trinajstić information content (AvgIpc) is 2.42. The first kappa shape index (κ1) is 24.4. The van der Waals surface area contributed by atoms with E-state index >= 15 is 0 Å². The molecular formula is C17H31Cl2N3O. The molecular weight excluding hydrogens is 333 g/mol. The molecule has 1 aromatic carbocycles. The van der Waals surface area contributed by atoms with E-state index in [4.69, 9.17) is 5.73 Å². The van der Waals surface area contributed by atoms with Crippen LogP contribution in [0.1, 0.15) is 37.4 Å². The third-order valence-corrected chi connectivity index (χ3v) is 3.70. The molecule has 0 fully saturated rings. The highest BCUT2D eigenvalue weighted by atomic mass is 35.5. The summed E-state index contributed by atoms with van der Waals surface area (Å²) in [5.74, 6) is 0.481. The van der Waals surface area contributed by atoms with Gasteiger partial charge in [0.2, 0.25) is 5.91 Å². The molecule has 0 saturated heterocycles. The van der Waals surface area contributed by atoms with Crippen molar-refractivity contribution in [3.05, 3.63) is 35.4 Å². The lowest BCUT2D eigenvalue weighted by Gasteiger charge is -2.26. The van der Waals surface area contributed by atoms with E-state index in [0.717, 1.165) is 17.5 Å². The van der Waals surface area contributed by atoms with Crippen molar-refractivity contribution < 1.29 is 4.79 Å². The Balaban J connectivity index is 0. The summed E-state index contributed by atoms with van der Waals surface area (Å²) in [6.07, 6.45) is 1.05. The second-order valence-electron chi connectivity index (χ2n) is 6.38. The van der Waals surface area contributed by atoms with Gasteiger partial charge in [0.25, 0.3) is 0 Å². The lowest BCUT2D eigenvalue weighted by atomic mass is 10.0. The summed E-state index contributed by atoms with van der Waals surface area (Å²) >= 11 is 0. The van der Waals surface area contributed by atoms with Gasteiger partial charge in [-0.2, -0.15) is 0 Å². The summed E-state index contributed by atoms with van der Waals surface area (Å²) in [6, 6.07) is 7.51. The van der Waals surface area contributed by atoms with Gasteiger partial charge in [-0.3, -0.25) is 4.79 Å². The van der Waals surface area contributed by atoms with Gasteiger partial charge in [-0.05, 0) is 38.9 Å². The highest BCUT2D eigenvalue weighted by Gasteiger charge is 2.19. The number of nitrogens with one attached hydrogen (secondary N) is 1. The Hall–Kier alpha value is -0.810. The molecule has 1 amide bonds. The van der Waals surface area contributed by atoms with Crippen LogP contribution in [0.4, 0.5) is 0 Å². The molecule has 23 heavy (non-hydrogen) atoms. The summed E-state index contributed by atoms with van der Waals surface area (Å²) in [5, 5.41) is 2.98. The predicted molar refractivity (Wildman–Crippen MR) is 103 cm³/mol. The summed E-state index contributed by atoms with van der Waals surface area (Å²) in [5.41, 5.74) is 8.04. The van der Waals surface area contributed by atoms with Gasteiger partial charge in [-0.25, -0.2) is 0 Å². The van der Waals surface area contributed by atoms with Crippen molar-refractivity contribution in [1.82, 2.24) is 10.2 Å². The van der Waals surface area contributed by atoms with E-state index in [1.54, 1.807) is 0 Å². The van der Waals surface area contributed by atoms with Crippen molar-refractivity contribution in [2.75, 3.05) is 20.6 Å². The van der Waals surface area contributed by atoms with Crippen LogP contribution in [0.25, 0.3) is 0 Å². The molecule has 1 rings (SSSR count). The topological polar surface area (TPSA) is 58.4 Å². The Morgan fingerprint density at radius 1 is 1.17 bits per heavy atom. The molecule has 2 atom stereocenters. The van der Waals surface area contributed by atoms with E-state index in [1.807, 2.05) is 45.3 Å². The van der Waals surface area contributed by atoms with Gasteiger partial charge in [0.05, 0.1) is 0 Å². The molecule has 0 heterocycles. The molecule has 3 N–H and O–H groups in total. The second-order valence-corrected chi connectivity index (χ2v) is 6.38. The number of nitrogens with two attached hydrogens (primary N) is 1. The van der Waals surface area contributed by atoms with E-state index < -0.39 is 6.04 Å². The maximum Gasteiger partial charge on any atom is 0.241 e. The van der Waals surface area contributed by atoms with Gasteiger partial charge >= 0.3 is 0 Å². The number of hydrogen-bond donors (Lipinski definition) is 2. The lowest BCUT2D eigenvalue weighted by molar-refractivity contribution is -0.122. The van der Waals surface area contributed by atoms with Gasteiger partial charge in [0.15, 0.2) is 0 Å². The number of hydrogen-bond acceptors (Lipinski definition) is 3. The van der Waals surface area contributed by atoms with Gasteiger partial charge in [0, 0.05) is 12.6 Å². The molecule has 0 spiro atoms. The van der Waals surface area contributed by atoms with Crippen molar-refractivity contribution in [2.24, 2.45) is 11.7 Å². The zero-order valence-electron chi connectivity index (χ0n) is 14.7. The molecule has 0 aliphatic rings. The van der Waals surface area contributed by atoms with Gasteiger partial charge in [-0.1, -0.05) is 43.7 Å². The molecule has 0 radical (unpaired) electrons. The van der Waals surface area contributed by atoms with Crippen LogP contribution in [0.3, 0.4) is 0 Å². The minimum Gasteiger partial charge on any atom is -0.353 e. The largest absolute Gasteiger partial charge is 0.353 e. The van der Waals surface area contributed by atoms with E-state index in [9.17, 15) is 4.79 Å². The molecule has 0 aliphatic carbocycles. The van der Waals surface area contributed by atoms with Crippen LogP contribution in [0.2, 0.25) is 0 Å². The number of rotatable bonds is 7. The smallest absolute Gasteiger partial charge is 0.241 e. The van der Waals surface area contributed by atoms with Gasteiger partial charge < -0.3 is 16.0 Å². The Bertz CT molecular complexity index is 450. The fourth-order valence-corrected chi connectivity index (χ4v) is 2.27. The average molecular weight is 364 g/mol. The van der Waals surface area contributed by atoms with Crippen molar-refractivity contribution in [2.45, 2.75) is 39.3 Å². The van der Waals surface area contributed by atoms with Crippen LogP contribution in [-0.4, -0.2) is 37.5 Å². The van der Waals surface area contributed by atoms with Crippen molar-refractivity contribution >= 4 is 30.7 Å². The maximum atomic E-state index is 12.2. The molecule has 6 heteroatoms. The van der Waals surface area contributed by atoms with Crippen molar-refractivity contribution in [1.29, 1.82) is 0 Å². The van der Waals surface area contributed by atoms with Crippen LogP contribution in [0.15, 0.2) is 24.3 Å². The molecule has 0 aliphatic heterocycles. The fraction of sp³-hybridized carbons (Fsp3) is 0.588. The SMILES string of the molecule is Cc1ccc(C(N)C(=O)NCC(CC(C)C)N(C)C)cc1.Cl.Cl. The van der Waals surface area contributed by atoms with Crippen LogP contribution >= 0.6 is 24.8 Å². The highest BCUT2D eigenvalue weighted by molar-refractivity contribution is 5.85.